The predicted octanol–water partition coefficient (Wildman–Crippen LogP) is 8.85. The first-order valence-electron chi connectivity index (χ1n) is 10.8. The van der Waals surface area contributed by atoms with E-state index in [4.69, 9.17) is 0 Å². The van der Waals surface area contributed by atoms with Gasteiger partial charge in [0.2, 0.25) is 0 Å². The van der Waals surface area contributed by atoms with Crippen LogP contribution >= 0.6 is 0 Å². The predicted molar refractivity (Wildman–Crippen MR) is 108 cm³/mol. The van der Waals surface area contributed by atoms with Crippen LogP contribution in [0.4, 0.5) is 0 Å². The molecule has 0 aliphatic rings. The summed E-state index contributed by atoms with van der Waals surface area (Å²) in [6.45, 7) is 9.48. The summed E-state index contributed by atoms with van der Waals surface area (Å²) < 4.78 is 0. The monoisotopic (exact) mass is 322 g/mol. The molecule has 0 atom stereocenters. The molecule has 0 N–H and O–H groups in total. The molecule has 138 valence electrons. The molecular formula is C23H46. The molecule has 23 heavy (non-hydrogen) atoms. The second kappa shape index (κ2) is 16.6. The standard InChI is InChI=1S/C23H46/c1-5-7-9-11-13-14-16-18-20-22-23(3,4)21-19-17-15-12-10-8-6-2/h7,9H,5-6,8,10-22H2,1-4H3. The van der Waals surface area contributed by atoms with Crippen LogP contribution < -0.4 is 0 Å². The van der Waals surface area contributed by atoms with Crippen LogP contribution in [-0.2, 0) is 0 Å². The van der Waals surface area contributed by atoms with Crippen molar-refractivity contribution < 1.29 is 0 Å². The van der Waals surface area contributed by atoms with Gasteiger partial charge in [-0.3, -0.25) is 0 Å². The van der Waals surface area contributed by atoms with Crippen molar-refractivity contribution in [3.8, 4) is 0 Å². The number of hydrogen-bond donors (Lipinski definition) is 0. The van der Waals surface area contributed by atoms with E-state index in [0.29, 0.717) is 5.41 Å². The van der Waals surface area contributed by atoms with E-state index in [1.165, 1.54) is 103 Å². The Morgan fingerprint density at radius 1 is 0.565 bits per heavy atom. The third kappa shape index (κ3) is 17.9. The zero-order chi connectivity index (χ0) is 17.2. The van der Waals surface area contributed by atoms with Gasteiger partial charge in [-0.25, -0.2) is 0 Å². The summed E-state index contributed by atoms with van der Waals surface area (Å²) in [7, 11) is 0. The van der Waals surface area contributed by atoms with E-state index >= 15 is 0 Å². The molecule has 0 heteroatoms. The Bertz CT molecular complexity index is 249. The highest BCUT2D eigenvalue weighted by Gasteiger charge is 2.16. The van der Waals surface area contributed by atoms with Gasteiger partial charge in [-0.15, -0.1) is 0 Å². The molecular weight excluding hydrogens is 276 g/mol. The first-order valence-corrected chi connectivity index (χ1v) is 10.8. The van der Waals surface area contributed by atoms with Gasteiger partial charge in [0.15, 0.2) is 0 Å². The highest BCUT2D eigenvalue weighted by atomic mass is 14.2. The van der Waals surface area contributed by atoms with Crippen LogP contribution in [0.25, 0.3) is 0 Å². The van der Waals surface area contributed by atoms with Crippen molar-refractivity contribution in [1.29, 1.82) is 0 Å². The lowest BCUT2D eigenvalue weighted by Gasteiger charge is -2.24. The van der Waals surface area contributed by atoms with Gasteiger partial charge >= 0.3 is 0 Å². The summed E-state index contributed by atoms with van der Waals surface area (Å²) in [5.74, 6) is 0. The van der Waals surface area contributed by atoms with Crippen LogP contribution in [0.2, 0.25) is 0 Å². The van der Waals surface area contributed by atoms with Crippen molar-refractivity contribution in [3.63, 3.8) is 0 Å². The summed E-state index contributed by atoms with van der Waals surface area (Å²) in [6.07, 6.45) is 27.2. The first kappa shape index (κ1) is 22.7. The molecule has 0 unspecified atom stereocenters. The molecule has 0 aromatic carbocycles. The highest BCUT2D eigenvalue weighted by Crippen LogP contribution is 2.30. The quantitative estimate of drug-likeness (QED) is 0.185. The zero-order valence-corrected chi connectivity index (χ0v) is 17.0. The fraction of sp³-hybridized carbons (Fsp3) is 0.913. The van der Waals surface area contributed by atoms with Gasteiger partial charge in [-0.2, -0.15) is 0 Å². The lowest BCUT2D eigenvalue weighted by Crippen LogP contribution is -2.11. The van der Waals surface area contributed by atoms with Gasteiger partial charge in [0.25, 0.3) is 0 Å². The van der Waals surface area contributed by atoms with Crippen LogP contribution in [0.3, 0.4) is 0 Å². The van der Waals surface area contributed by atoms with Crippen molar-refractivity contribution in [2.24, 2.45) is 5.41 Å². The van der Waals surface area contributed by atoms with Crippen LogP contribution in [0.1, 0.15) is 130 Å². The molecule has 0 amide bonds. The summed E-state index contributed by atoms with van der Waals surface area (Å²) in [5, 5.41) is 0. The zero-order valence-electron chi connectivity index (χ0n) is 17.0. The van der Waals surface area contributed by atoms with Crippen LogP contribution in [-0.4, -0.2) is 0 Å². The minimum absolute atomic E-state index is 0.577. The van der Waals surface area contributed by atoms with E-state index < -0.39 is 0 Å². The molecule has 0 aliphatic carbocycles. The number of rotatable bonds is 17. The maximum atomic E-state index is 2.49. The Labute approximate surface area is 148 Å². The SMILES string of the molecule is CCC=CCCCCCCCC(C)(C)CCCCCCCCC. The molecule has 0 fully saturated rings. The minimum atomic E-state index is 0.577. The van der Waals surface area contributed by atoms with Gasteiger partial charge in [0.05, 0.1) is 0 Å². The minimum Gasteiger partial charge on any atom is -0.0888 e. The smallest absolute Gasteiger partial charge is 0.0351 e. The van der Waals surface area contributed by atoms with E-state index in [9.17, 15) is 0 Å². The number of hydrogen-bond acceptors (Lipinski definition) is 0. The number of unbranched alkanes of at least 4 members (excludes halogenated alkanes) is 11. The lowest BCUT2D eigenvalue weighted by molar-refractivity contribution is 0.282. The molecule has 0 aromatic heterocycles. The summed E-state index contributed by atoms with van der Waals surface area (Å²) in [4.78, 5) is 0. The Kier molecular flexibility index (Phi) is 16.4. The second-order valence-electron chi connectivity index (χ2n) is 8.22. The van der Waals surface area contributed by atoms with Gasteiger partial charge < -0.3 is 0 Å². The number of allylic oxidation sites excluding steroid dienone is 2. The van der Waals surface area contributed by atoms with Crippen LogP contribution in [0.15, 0.2) is 12.2 Å². The Morgan fingerprint density at radius 2 is 1.04 bits per heavy atom. The lowest BCUT2D eigenvalue weighted by atomic mass is 9.82. The Hall–Kier alpha value is -0.260. The Morgan fingerprint density at radius 3 is 1.57 bits per heavy atom. The van der Waals surface area contributed by atoms with Crippen molar-refractivity contribution >= 4 is 0 Å². The van der Waals surface area contributed by atoms with Crippen molar-refractivity contribution in [2.75, 3.05) is 0 Å². The van der Waals surface area contributed by atoms with Crippen molar-refractivity contribution in [2.45, 2.75) is 130 Å². The maximum absolute atomic E-state index is 2.49. The van der Waals surface area contributed by atoms with E-state index in [1.54, 1.807) is 0 Å². The Balaban J connectivity index is 3.37. The van der Waals surface area contributed by atoms with Gasteiger partial charge in [-0.1, -0.05) is 110 Å². The molecule has 0 bridgehead atoms. The third-order valence-corrected chi connectivity index (χ3v) is 5.08. The molecule has 0 aliphatic heterocycles. The summed E-state index contributed by atoms with van der Waals surface area (Å²) in [6, 6.07) is 0. The van der Waals surface area contributed by atoms with E-state index in [-0.39, 0.29) is 0 Å². The van der Waals surface area contributed by atoms with E-state index in [1.807, 2.05) is 0 Å². The highest BCUT2D eigenvalue weighted by molar-refractivity contribution is 4.79. The molecule has 0 nitrogen and oxygen atoms in total. The fourth-order valence-electron chi connectivity index (χ4n) is 3.37. The molecule has 0 radical (unpaired) electrons. The molecule has 0 aromatic rings. The average Bonchev–Trinajstić information content (AvgIpc) is 2.52. The first-order chi connectivity index (χ1) is 11.1. The molecule has 0 saturated heterocycles. The largest absolute Gasteiger partial charge is 0.0888 e. The van der Waals surface area contributed by atoms with Crippen LogP contribution in [0, 0.1) is 5.41 Å². The maximum Gasteiger partial charge on any atom is -0.0351 e. The molecule has 0 heterocycles. The topological polar surface area (TPSA) is 0 Å². The van der Waals surface area contributed by atoms with Gasteiger partial charge in [0.1, 0.15) is 0 Å². The van der Waals surface area contributed by atoms with Crippen molar-refractivity contribution in [1.82, 2.24) is 0 Å². The third-order valence-electron chi connectivity index (χ3n) is 5.08. The summed E-state index contributed by atoms with van der Waals surface area (Å²) in [5.41, 5.74) is 0.577. The van der Waals surface area contributed by atoms with Gasteiger partial charge in [-0.05, 0) is 37.5 Å². The van der Waals surface area contributed by atoms with E-state index in [2.05, 4.69) is 39.8 Å². The van der Waals surface area contributed by atoms with Gasteiger partial charge in [0, 0.05) is 0 Å². The van der Waals surface area contributed by atoms with Crippen LogP contribution in [0.5, 0.6) is 0 Å². The normalized spacial score (nSPS) is 12.3. The van der Waals surface area contributed by atoms with E-state index in [0.717, 1.165) is 0 Å². The molecule has 0 rings (SSSR count). The fourth-order valence-corrected chi connectivity index (χ4v) is 3.37. The summed E-state index contributed by atoms with van der Waals surface area (Å²) >= 11 is 0. The molecule has 0 saturated carbocycles. The molecule has 0 spiro atoms. The van der Waals surface area contributed by atoms with Crippen molar-refractivity contribution in [3.05, 3.63) is 12.2 Å². The average molecular weight is 323 g/mol. The second-order valence-corrected chi connectivity index (χ2v) is 8.22.